The van der Waals surface area contributed by atoms with Crippen LogP contribution in [0.15, 0.2) is 65.6 Å². The summed E-state index contributed by atoms with van der Waals surface area (Å²) in [6.07, 6.45) is 0. The van der Waals surface area contributed by atoms with Crippen LogP contribution in [-0.2, 0) is 21.4 Å². The van der Waals surface area contributed by atoms with Crippen molar-refractivity contribution >= 4 is 68.0 Å². The number of anilines is 1. The number of halogens is 4. The minimum atomic E-state index is -3.85. The summed E-state index contributed by atoms with van der Waals surface area (Å²) >= 11 is 23.7. The second kappa shape index (κ2) is 10.6. The maximum absolute atomic E-state index is 12.5. The van der Waals surface area contributed by atoms with Gasteiger partial charge in [0.1, 0.15) is 5.75 Å². The van der Waals surface area contributed by atoms with Crippen LogP contribution in [0.1, 0.15) is 5.56 Å². The smallest absolute Gasteiger partial charge is 0.261 e. The molecule has 0 spiro atoms. The summed E-state index contributed by atoms with van der Waals surface area (Å²) < 4.78 is 32.9. The average Bonchev–Trinajstić information content (AvgIpc) is 2.74. The minimum absolute atomic E-state index is 0.0118. The Morgan fingerprint density at radius 1 is 0.844 bits per heavy atom. The predicted molar refractivity (Wildman–Crippen MR) is 128 cm³/mol. The van der Waals surface area contributed by atoms with Gasteiger partial charge in [-0.1, -0.05) is 52.5 Å². The number of hydrogen-bond acceptors (Lipinski definition) is 4. The van der Waals surface area contributed by atoms with Crippen molar-refractivity contribution in [1.29, 1.82) is 0 Å². The Morgan fingerprint density at radius 3 is 2.22 bits per heavy atom. The highest BCUT2D eigenvalue weighted by Crippen LogP contribution is 2.27. The van der Waals surface area contributed by atoms with Gasteiger partial charge >= 0.3 is 0 Å². The third kappa shape index (κ3) is 6.67. The summed E-state index contributed by atoms with van der Waals surface area (Å²) in [5, 5.41) is 4.18. The molecule has 0 aromatic heterocycles. The molecule has 0 saturated heterocycles. The molecule has 32 heavy (non-hydrogen) atoms. The van der Waals surface area contributed by atoms with Gasteiger partial charge in [0.2, 0.25) is 0 Å². The normalized spacial score (nSPS) is 11.1. The molecule has 3 aromatic rings. The first-order valence-corrected chi connectivity index (χ1v) is 12.0. The summed E-state index contributed by atoms with van der Waals surface area (Å²) in [7, 11) is -3.85. The molecule has 0 aliphatic carbocycles. The summed E-state index contributed by atoms with van der Waals surface area (Å²) in [5.74, 6) is -0.0350. The van der Waals surface area contributed by atoms with Gasteiger partial charge in [0.05, 0.1) is 20.6 Å². The Labute approximate surface area is 205 Å². The van der Waals surface area contributed by atoms with Crippen LogP contribution in [0, 0.1) is 0 Å². The SMILES string of the molecule is O=C(COc1ccc(S(=O)(=O)Nc2ccc(Cl)c(Cl)c2)cc1)NCc1ccc(Cl)cc1Cl. The van der Waals surface area contributed by atoms with E-state index in [0.717, 1.165) is 0 Å². The lowest BCUT2D eigenvalue weighted by Gasteiger charge is -2.11. The third-order valence-corrected chi connectivity index (χ3v) is 6.89. The van der Waals surface area contributed by atoms with E-state index in [0.29, 0.717) is 26.4 Å². The molecule has 1 amide bonds. The number of rotatable bonds is 8. The Hall–Kier alpha value is -2.16. The lowest BCUT2D eigenvalue weighted by atomic mass is 10.2. The molecule has 168 valence electrons. The van der Waals surface area contributed by atoms with Crippen molar-refractivity contribution in [2.45, 2.75) is 11.4 Å². The number of nitrogens with one attached hydrogen (secondary N) is 2. The minimum Gasteiger partial charge on any atom is -0.484 e. The van der Waals surface area contributed by atoms with Crippen LogP contribution in [0.2, 0.25) is 20.1 Å². The van der Waals surface area contributed by atoms with Gasteiger partial charge in [-0.25, -0.2) is 8.42 Å². The van der Waals surface area contributed by atoms with Gasteiger partial charge in [0.15, 0.2) is 6.61 Å². The topological polar surface area (TPSA) is 84.5 Å². The predicted octanol–water partition coefficient (Wildman–Crippen LogP) is 5.80. The van der Waals surface area contributed by atoms with Crippen LogP contribution in [-0.4, -0.2) is 20.9 Å². The second-order valence-electron chi connectivity index (χ2n) is 6.51. The largest absolute Gasteiger partial charge is 0.484 e. The fraction of sp³-hybridized carbons (Fsp3) is 0.0952. The van der Waals surface area contributed by atoms with E-state index < -0.39 is 10.0 Å². The van der Waals surface area contributed by atoms with Crippen molar-refractivity contribution in [3.8, 4) is 5.75 Å². The fourth-order valence-corrected chi connectivity index (χ4v) is 4.37. The number of hydrogen-bond donors (Lipinski definition) is 2. The molecule has 6 nitrogen and oxygen atoms in total. The van der Waals surface area contributed by atoms with E-state index in [9.17, 15) is 13.2 Å². The zero-order valence-electron chi connectivity index (χ0n) is 16.2. The summed E-state index contributed by atoms with van der Waals surface area (Å²) in [6, 6.07) is 15.0. The summed E-state index contributed by atoms with van der Waals surface area (Å²) in [6.45, 7) is -0.0331. The van der Waals surface area contributed by atoms with Crippen molar-refractivity contribution in [3.63, 3.8) is 0 Å². The molecule has 3 aromatic carbocycles. The molecule has 2 N–H and O–H groups in total. The highest BCUT2D eigenvalue weighted by molar-refractivity contribution is 7.92. The number of benzene rings is 3. The number of carbonyl (C=O) groups excluding carboxylic acids is 1. The maximum atomic E-state index is 12.5. The molecule has 11 heteroatoms. The first-order valence-electron chi connectivity index (χ1n) is 9.05. The highest BCUT2D eigenvalue weighted by Gasteiger charge is 2.15. The molecule has 0 aliphatic rings. The molecule has 0 radical (unpaired) electrons. The molecule has 0 bridgehead atoms. The van der Waals surface area contributed by atoms with Gasteiger partial charge in [0.25, 0.3) is 15.9 Å². The zero-order chi connectivity index (χ0) is 23.3. The first kappa shape index (κ1) is 24.5. The van der Waals surface area contributed by atoms with Crippen LogP contribution >= 0.6 is 46.4 Å². The first-order chi connectivity index (χ1) is 15.1. The van der Waals surface area contributed by atoms with Gasteiger partial charge in [-0.2, -0.15) is 0 Å². The van der Waals surface area contributed by atoms with Crippen molar-refractivity contribution in [2.24, 2.45) is 0 Å². The van der Waals surface area contributed by atoms with Crippen LogP contribution in [0.4, 0.5) is 5.69 Å². The van der Waals surface area contributed by atoms with Gasteiger partial charge in [-0.15, -0.1) is 0 Å². The second-order valence-corrected chi connectivity index (χ2v) is 9.85. The van der Waals surface area contributed by atoms with E-state index in [2.05, 4.69) is 10.0 Å². The van der Waals surface area contributed by atoms with Crippen LogP contribution in [0.3, 0.4) is 0 Å². The van der Waals surface area contributed by atoms with E-state index in [1.54, 1.807) is 18.2 Å². The number of amides is 1. The van der Waals surface area contributed by atoms with E-state index in [4.69, 9.17) is 51.1 Å². The molecular formula is C21H16Cl4N2O4S. The Kier molecular flexibility index (Phi) is 8.14. The third-order valence-electron chi connectivity index (χ3n) is 4.17. The Bertz CT molecular complexity index is 1240. The number of sulfonamides is 1. The van der Waals surface area contributed by atoms with Crippen molar-refractivity contribution in [1.82, 2.24) is 5.32 Å². The lowest BCUT2D eigenvalue weighted by molar-refractivity contribution is -0.123. The molecule has 3 rings (SSSR count). The van der Waals surface area contributed by atoms with Crippen LogP contribution in [0.25, 0.3) is 0 Å². The van der Waals surface area contributed by atoms with Crippen LogP contribution in [0.5, 0.6) is 5.75 Å². The quantitative estimate of drug-likeness (QED) is 0.383. The molecule has 0 fully saturated rings. The molecule has 0 heterocycles. The van der Waals surface area contributed by atoms with Gasteiger partial charge in [-0.05, 0) is 60.2 Å². The van der Waals surface area contributed by atoms with Crippen molar-refractivity contribution in [2.75, 3.05) is 11.3 Å². The maximum Gasteiger partial charge on any atom is 0.261 e. The number of ether oxygens (including phenoxy) is 1. The average molecular weight is 534 g/mol. The van der Waals surface area contributed by atoms with E-state index in [-0.39, 0.29) is 34.7 Å². The molecule has 0 aliphatic heterocycles. The van der Waals surface area contributed by atoms with E-state index in [1.165, 1.54) is 42.5 Å². The van der Waals surface area contributed by atoms with Gasteiger partial charge < -0.3 is 10.1 Å². The monoisotopic (exact) mass is 532 g/mol. The van der Waals surface area contributed by atoms with Gasteiger partial charge in [0, 0.05) is 16.6 Å². The summed E-state index contributed by atoms with van der Waals surface area (Å²) in [4.78, 5) is 12.0. The van der Waals surface area contributed by atoms with Gasteiger partial charge in [-0.3, -0.25) is 9.52 Å². The summed E-state index contributed by atoms with van der Waals surface area (Å²) in [5.41, 5.74) is 0.991. The zero-order valence-corrected chi connectivity index (χ0v) is 20.1. The molecule has 0 unspecified atom stereocenters. The molecule has 0 atom stereocenters. The fourth-order valence-electron chi connectivity index (χ4n) is 2.55. The van der Waals surface area contributed by atoms with Crippen molar-refractivity contribution < 1.29 is 17.9 Å². The number of carbonyl (C=O) groups is 1. The highest BCUT2D eigenvalue weighted by atomic mass is 35.5. The Morgan fingerprint density at radius 2 is 1.56 bits per heavy atom. The van der Waals surface area contributed by atoms with Crippen molar-refractivity contribution in [3.05, 3.63) is 86.3 Å². The van der Waals surface area contributed by atoms with E-state index in [1.807, 2.05) is 0 Å². The lowest BCUT2D eigenvalue weighted by Crippen LogP contribution is -2.28. The standard InChI is InChI=1S/C21H16Cl4N2O4S/c22-14-2-1-13(19(24)9-14)11-26-21(28)12-31-16-4-6-17(7-5-16)32(29,30)27-15-3-8-18(23)20(25)10-15/h1-10,27H,11-12H2,(H,26,28). The molecular weight excluding hydrogens is 518 g/mol. The van der Waals surface area contributed by atoms with Crippen LogP contribution < -0.4 is 14.8 Å². The molecule has 0 saturated carbocycles. The van der Waals surface area contributed by atoms with E-state index >= 15 is 0 Å². The Balaban J connectivity index is 1.54.